The molecule has 0 bridgehead atoms. The lowest BCUT2D eigenvalue weighted by Gasteiger charge is -2.36. The third-order valence-corrected chi connectivity index (χ3v) is 3.30. The van der Waals surface area contributed by atoms with Crippen molar-refractivity contribution in [2.75, 3.05) is 7.11 Å². The van der Waals surface area contributed by atoms with Crippen molar-refractivity contribution in [3.63, 3.8) is 0 Å². The zero-order valence-corrected chi connectivity index (χ0v) is 10.2. The average molecular weight is 230 g/mol. The van der Waals surface area contributed by atoms with Crippen LogP contribution >= 0.6 is 0 Å². The molecular weight excluding hydrogens is 208 g/mol. The van der Waals surface area contributed by atoms with E-state index in [2.05, 4.69) is 13.8 Å². The summed E-state index contributed by atoms with van der Waals surface area (Å²) < 4.78 is 4.69. The molecule has 0 spiro atoms. The summed E-state index contributed by atoms with van der Waals surface area (Å²) in [4.78, 5) is 11.4. The molecule has 0 aromatic carbocycles. The molecule has 0 aliphatic heterocycles. The molecule has 1 fully saturated rings. The van der Waals surface area contributed by atoms with Gasteiger partial charge in [0.15, 0.2) is 0 Å². The number of hydrogen-bond acceptors (Lipinski definition) is 4. The monoisotopic (exact) mass is 230 g/mol. The van der Waals surface area contributed by atoms with E-state index in [0.29, 0.717) is 18.8 Å². The number of hydrogen-bond donors (Lipinski definition) is 2. The minimum absolute atomic E-state index is 0.00662. The molecule has 0 aromatic rings. The van der Waals surface area contributed by atoms with E-state index >= 15 is 0 Å². The van der Waals surface area contributed by atoms with E-state index in [1.807, 2.05) is 0 Å². The van der Waals surface area contributed by atoms with Gasteiger partial charge in [0.2, 0.25) is 0 Å². The summed E-state index contributed by atoms with van der Waals surface area (Å²) >= 11 is 0. The second-order valence-corrected chi connectivity index (χ2v) is 5.14. The molecule has 3 unspecified atom stereocenters. The van der Waals surface area contributed by atoms with E-state index in [9.17, 15) is 15.0 Å². The number of ether oxygens (including phenoxy) is 1. The molecule has 0 saturated heterocycles. The normalized spacial score (nSPS) is 35.1. The van der Waals surface area contributed by atoms with Crippen molar-refractivity contribution >= 4 is 5.97 Å². The van der Waals surface area contributed by atoms with Crippen LogP contribution in [-0.2, 0) is 9.53 Å². The highest BCUT2D eigenvalue weighted by atomic mass is 16.5. The predicted octanol–water partition coefficient (Wildman–Crippen LogP) is 0.953. The molecule has 0 amide bonds. The Labute approximate surface area is 96.6 Å². The van der Waals surface area contributed by atoms with E-state index in [1.165, 1.54) is 7.11 Å². The van der Waals surface area contributed by atoms with Gasteiger partial charge in [-0.15, -0.1) is 0 Å². The molecule has 94 valence electrons. The summed E-state index contributed by atoms with van der Waals surface area (Å²) in [6.07, 6.45) is 0.238. The Bertz CT molecular complexity index is 239. The molecule has 1 aliphatic carbocycles. The maximum Gasteiger partial charge on any atom is 0.308 e. The van der Waals surface area contributed by atoms with Gasteiger partial charge in [-0.2, -0.15) is 0 Å². The molecular formula is C12H22O4. The van der Waals surface area contributed by atoms with Crippen LogP contribution in [0.15, 0.2) is 0 Å². The summed E-state index contributed by atoms with van der Waals surface area (Å²) in [6.45, 7) is 4.14. The minimum atomic E-state index is -0.804. The van der Waals surface area contributed by atoms with Gasteiger partial charge in [-0.1, -0.05) is 13.8 Å². The topological polar surface area (TPSA) is 66.8 Å². The van der Waals surface area contributed by atoms with Crippen LogP contribution in [0, 0.1) is 17.8 Å². The molecule has 1 rings (SSSR count). The first-order chi connectivity index (χ1) is 7.45. The molecule has 4 atom stereocenters. The number of carbonyl (C=O) groups excluding carboxylic acids is 1. The lowest BCUT2D eigenvalue weighted by Crippen LogP contribution is -2.43. The van der Waals surface area contributed by atoms with Crippen molar-refractivity contribution in [1.29, 1.82) is 0 Å². The zero-order valence-electron chi connectivity index (χ0n) is 10.2. The first-order valence-electron chi connectivity index (χ1n) is 5.89. The Morgan fingerprint density at radius 3 is 2.50 bits per heavy atom. The fourth-order valence-electron chi connectivity index (χ4n) is 2.55. The molecule has 1 saturated carbocycles. The third kappa shape index (κ3) is 3.19. The van der Waals surface area contributed by atoms with E-state index < -0.39 is 12.2 Å². The number of aliphatic hydroxyl groups is 2. The Morgan fingerprint density at radius 1 is 1.38 bits per heavy atom. The molecule has 4 heteroatoms. The molecule has 1 aliphatic rings. The molecule has 0 heterocycles. The van der Waals surface area contributed by atoms with Gasteiger partial charge in [-0.3, -0.25) is 4.79 Å². The van der Waals surface area contributed by atoms with Gasteiger partial charge >= 0.3 is 5.97 Å². The second-order valence-electron chi connectivity index (χ2n) is 5.14. The van der Waals surface area contributed by atoms with E-state index in [1.54, 1.807) is 0 Å². The van der Waals surface area contributed by atoms with Gasteiger partial charge in [0.25, 0.3) is 0 Å². The SMILES string of the molecule is COC(=O)C1CC(O)[C@H](O)C(CC(C)C)C1. The van der Waals surface area contributed by atoms with E-state index in [0.717, 1.165) is 6.42 Å². The van der Waals surface area contributed by atoms with Crippen LogP contribution in [0.2, 0.25) is 0 Å². The van der Waals surface area contributed by atoms with E-state index in [-0.39, 0.29) is 17.8 Å². The summed E-state index contributed by atoms with van der Waals surface area (Å²) in [5, 5.41) is 19.6. The van der Waals surface area contributed by atoms with Crippen LogP contribution in [0.3, 0.4) is 0 Å². The lowest BCUT2D eigenvalue weighted by atomic mass is 9.74. The van der Waals surface area contributed by atoms with Crippen LogP contribution < -0.4 is 0 Å². The maximum absolute atomic E-state index is 11.4. The Morgan fingerprint density at radius 2 is 2.00 bits per heavy atom. The number of rotatable bonds is 3. The van der Waals surface area contributed by atoms with Gasteiger partial charge in [0, 0.05) is 0 Å². The molecule has 0 aromatic heterocycles. The minimum Gasteiger partial charge on any atom is -0.469 e. The van der Waals surface area contributed by atoms with Crippen LogP contribution in [0.1, 0.15) is 33.1 Å². The maximum atomic E-state index is 11.4. The third-order valence-electron chi connectivity index (χ3n) is 3.30. The molecule has 2 N–H and O–H groups in total. The number of methoxy groups -OCH3 is 1. The second kappa shape index (κ2) is 5.64. The molecule has 0 radical (unpaired) electrons. The number of carbonyl (C=O) groups is 1. The highest BCUT2D eigenvalue weighted by molar-refractivity contribution is 5.72. The van der Waals surface area contributed by atoms with Crippen LogP contribution in [-0.4, -0.2) is 35.5 Å². The average Bonchev–Trinajstić information content (AvgIpc) is 2.22. The number of aliphatic hydroxyl groups excluding tert-OH is 2. The van der Waals surface area contributed by atoms with Gasteiger partial charge in [0.1, 0.15) is 0 Å². The fourth-order valence-corrected chi connectivity index (χ4v) is 2.55. The van der Waals surface area contributed by atoms with Gasteiger partial charge in [0.05, 0.1) is 25.2 Å². The summed E-state index contributed by atoms with van der Waals surface area (Å²) in [5.74, 6) is -0.108. The van der Waals surface area contributed by atoms with Gasteiger partial charge in [-0.25, -0.2) is 0 Å². The van der Waals surface area contributed by atoms with Crippen LogP contribution in [0.5, 0.6) is 0 Å². The largest absolute Gasteiger partial charge is 0.469 e. The predicted molar refractivity (Wildman–Crippen MR) is 59.7 cm³/mol. The van der Waals surface area contributed by atoms with Crippen molar-refractivity contribution in [2.24, 2.45) is 17.8 Å². The molecule has 16 heavy (non-hydrogen) atoms. The smallest absolute Gasteiger partial charge is 0.308 e. The highest BCUT2D eigenvalue weighted by Gasteiger charge is 2.39. The molecule has 4 nitrogen and oxygen atoms in total. The summed E-state index contributed by atoms with van der Waals surface area (Å²) in [6, 6.07) is 0. The standard InChI is InChI=1S/C12H22O4/c1-7(2)4-8-5-9(12(15)16-3)6-10(13)11(8)14/h7-11,13-14H,4-6H2,1-3H3/t8?,9?,10?,11-/m1/s1. The Kier molecular flexibility index (Phi) is 4.74. The van der Waals surface area contributed by atoms with Crippen LogP contribution in [0.25, 0.3) is 0 Å². The van der Waals surface area contributed by atoms with Crippen molar-refractivity contribution in [2.45, 2.75) is 45.3 Å². The number of esters is 1. The highest BCUT2D eigenvalue weighted by Crippen LogP contribution is 2.34. The summed E-state index contributed by atoms with van der Waals surface area (Å²) in [5.41, 5.74) is 0. The Balaban J connectivity index is 2.65. The van der Waals surface area contributed by atoms with Crippen molar-refractivity contribution < 1.29 is 19.7 Å². The lowest BCUT2D eigenvalue weighted by molar-refractivity contribution is -0.153. The first-order valence-corrected chi connectivity index (χ1v) is 5.89. The van der Waals surface area contributed by atoms with Crippen molar-refractivity contribution in [3.05, 3.63) is 0 Å². The first kappa shape index (κ1) is 13.5. The van der Waals surface area contributed by atoms with E-state index in [4.69, 9.17) is 4.74 Å². The van der Waals surface area contributed by atoms with Crippen molar-refractivity contribution in [3.8, 4) is 0 Å². The Hall–Kier alpha value is -0.610. The zero-order chi connectivity index (χ0) is 12.3. The quantitative estimate of drug-likeness (QED) is 0.708. The van der Waals surface area contributed by atoms with Crippen LogP contribution in [0.4, 0.5) is 0 Å². The fraction of sp³-hybridized carbons (Fsp3) is 0.917. The van der Waals surface area contributed by atoms with Gasteiger partial charge in [-0.05, 0) is 31.1 Å². The summed E-state index contributed by atoms with van der Waals surface area (Å²) in [7, 11) is 1.36. The van der Waals surface area contributed by atoms with Crippen molar-refractivity contribution in [1.82, 2.24) is 0 Å². The van der Waals surface area contributed by atoms with Gasteiger partial charge < -0.3 is 14.9 Å².